The van der Waals surface area contributed by atoms with E-state index in [1.165, 1.54) is 63.8 Å². The molecule has 0 aromatic heterocycles. The van der Waals surface area contributed by atoms with Crippen molar-refractivity contribution in [2.45, 2.75) is 44.7 Å². The Labute approximate surface area is 172 Å². The maximum atomic E-state index is 9.10. The van der Waals surface area contributed by atoms with Crippen LogP contribution in [0.15, 0.2) is 18.2 Å². The smallest absolute Gasteiger partial charge is 0.414 e. The fourth-order valence-corrected chi connectivity index (χ4v) is 3.97. The van der Waals surface area contributed by atoms with Crippen LogP contribution in [-0.2, 0) is 16.1 Å². The second-order valence-electron chi connectivity index (χ2n) is 7.40. The largest absolute Gasteiger partial charge is 0.493 e. The SMILES string of the molecule is COc1ccc(CN2CCN(C3CCCCC3)CC2)cc1OC.O=C(O)C(=O)O. The number of carboxylic acids is 2. The third-order valence-corrected chi connectivity index (χ3v) is 5.54. The number of hydrogen-bond donors (Lipinski definition) is 2. The molecule has 0 unspecified atom stereocenters. The number of carboxylic acid groups (broad SMARTS) is 2. The van der Waals surface area contributed by atoms with Crippen LogP contribution in [0.25, 0.3) is 0 Å². The van der Waals surface area contributed by atoms with Crippen molar-refractivity contribution in [3.63, 3.8) is 0 Å². The van der Waals surface area contributed by atoms with E-state index in [-0.39, 0.29) is 0 Å². The summed E-state index contributed by atoms with van der Waals surface area (Å²) in [6.07, 6.45) is 7.12. The van der Waals surface area contributed by atoms with Crippen molar-refractivity contribution in [2.75, 3.05) is 40.4 Å². The lowest BCUT2D eigenvalue weighted by Gasteiger charge is -2.40. The molecule has 2 aliphatic rings. The molecule has 162 valence electrons. The van der Waals surface area contributed by atoms with E-state index in [9.17, 15) is 0 Å². The molecule has 3 rings (SSSR count). The first kappa shape index (κ1) is 23.0. The number of methoxy groups -OCH3 is 2. The van der Waals surface area contributed by atoms with Gasteiger partial charge in [-0.3, -0.25) is 9.80 Å². The van der Waals surface area contributed by atoms with E-state index in [0.29, 0.717) is 0 Å². The van der Waals surface area contributed by atoms with E-state index in [1.54, 1.807) is 14.2 Å². The fraction of sp³-hybridized carbons (Fsp3) is 0.619. The van der Waals surface area contributed by atoms with Crippen molar-refractivity contribution in [1.82, 2.24) is 9.80 Å². The summed E-state index contributed by atoms with van der Waals surface area (Å²) in [6.45, 7) is 5.78. The molecule has 0 bridgehead atoms. The van der Waals surface area contributed by atoms with Gasteiger partial charge in [0.1, 0.15) is 0 Å². The first-order valence-corrected chi connectivity index (χ1v) is 10.1. The van der Waals surface area contributed by atoms with Crippen LogP contribution in [0.3, 0.4) is 0 Å². The van der Waals surface area contributed by atoms with Gasteiger partial charge in [-0.2, -0.15) is 0 Å². The van der Waals surface area contributed by atoms with Crippen LogP contribution in [0.2, 0.25) is 0 Å². The van der Waals surface area contributed by atoms with Gasteiger partial charge in [-0.1, -0.05) is 25.3 Å². The van der Waals surface area contributed by atoms with Gasteiger partial charge in [-0.05, 0) is 30.5 Å². The molecule has 8 nitrogen and oxygen atoms in total. The van der Waals surface area contributed by atoms with Crippen molar-refractivity contribution in [2.24, 2.45) is 0 Å². The summed E-state index contributed by atoms with van der Waals surface area (Å²) in [4.78, 5) is 23.5. The first-order valence-electron chi connectivity index (χ1n) is 10.1. The van der Waals surface area contributed by atoms with Crippen LogP contribution in [-0.4, -0.2) is 78.4 Å². The average Bonchev–Trinajstić information content (AvgIpc) is 2.75. The van der Waals surface area contributed by atoms with E-state index in [1.807, 2.05) is 6.07 Å². The number of benzene rings is 1. The topological polar surface area (TPSA) is 99.5 Å². The van der Waals surface area contributed by atoms with E-state index in [4.69, 9.17) is 29.3 Å². The van der Waals surface area contributed by atoms with Crippen LogP contribution in [0.1, 0.15) is 37.7 Å². The minimum Gasteiger partial charge on any atom is -0.493 e. The maximum absolute atomic E-state index is 9.10. The molecular weight excluding hydrogens is 376 g/mol. The molecule has 1 aromatic carbocycles. The standard InChI is InChI=1S/C19H30N2O2.C2H2O4/c1-22-18-9-8-16(14-19(18)23-2)15-20-10-12-21(13-11-20)17-6-4-3-5-7-17;3-1(4)2(5)6/h8-9,14,17H,3-7,10-13,15H2,1-2H3;(H,3,4)(H,5,6). The van der Waals surface area contributed by atoms with Gasteiger partial charge in [0.15, 0.2) is 11.5 Å². The zero-order chi connectivity index (χ0) is 21.2. The summed E-state index contributed by atoms with van der Waals surface area (Å²) in [5, 5.41) is 14.8. The molecule has 8 heteroatoms. The third kappa shape index (κ3) is 7.21. The molecule has 1 heterocycles. The molecule has 1 aromatic rings. The van der Waals surface area contributed by atoms with Gasteiger partial charge in [0, 0.05) is 38.8 Å². The summed E-state index contributed by atoms with van der Waals surface area (Å²) in [5.74, 6) is -2.02. The zero-order valence-corrected chi connectivity index (χ0v) is 17.3. The molecule has 1 saturated carbocycles. The van der Waals surface area contributed by atoms with Crippen LogP contribution in [0, 0.1) is 0 Å². The van der Waals surface area contributed by atoms with E-state index in [2.05, 4.69) is 21.9 Å². The molecule has 1 saturated heterocycles. The summed E-state index contributed by atoms with van der Waals surface area (Å²) in [5.41, 5.74) is 1.30. The first-order chi connectivity index (χ1) is 13.9. The lowest BCUT2D eigenvalue weighted by Crippen LogP contribution is -2.50. The predicted octanol–water partition coefficient (Wildman–Crippen LogP) is 2.31. The van der Waals surface area contributed by atoms with Gasteiger partial charge in [0.05, 0.1) is 14.2 Å². The quantitative estimate of drug-likeness (QED) is 0.716. The third-order valence-electron chi connectivity index (χ3n) is 5.54. The number of piperazine rings is 1. The Morgan fingerprint density at radius 2 is 1.52 bits per heavy atom. The van der Waals surface area contributed by atoms with Crippen molar-refractivity contribution in [1.29, 1.82) is 0 Å². The minimum atomic E-state index is -1.82. The Morgan fingerprint density at radius 3 is 2.03 bits per heavy atom. The molecule has 29 heavy (non-hydrogen) atoms. The highest BCUT2D eigenvalue weighted by molar-refractivity contribution is 6.27. The minimum absolute atomic E-state index is 0.804. The molecule has 0 spiro atoms. The molecule has 2 N–H and O–H groups in total. The van der Waals surface area contributed by atoms with E-state index < -0.39 is 11.9 Å². The van der Waals surface area contributed by atoms with Crippen molar-refractivity contribution in [3.05, 3.63) is 23.8 Å². The highest BCUT2D eigenvalue weighted by atomic mass is 16.5. The van der Waals surface area contributed by atoms with Crippen molar-refractivity contribution >= 4 is 11.9 Å². The summed E-state index contributed by atoms with van der Waals surface area (Å²) in [6, 6.07) is 7.11. The second kappa shape index (κ2) is 11.6. The Morgan fingerprint density at radius 1 is 0.931 bits per heavy atom. The summed E-state index contributed by atoms with van der Waals surface area (Å²) in [7, 11) is 3.38. The van der Waals surface area contributed by atoms with Gasteiger partial charge in [0.25, 0.3) is 0 Å². The van der Waals surface area contributed by atoms with Gasteiger partial charge in [-0.15, -0.1) is 0 Å². The van der Waals surface area contributed by atoms with Crippen LogP contribution >= 0.6 is 0 Å². The average molecular weight is 408 g/mol. The molecule has 2 fully saturated rings. The molecule has 1 aliphatic heterocycles. The van der Waals surface area contributed by atoms with Gasteiger partial charge >= 0.3 is 11.9 Å². The summed E-state index contributed by atoms with van der Waals surface area (Å²) < 4.78 is 10.7. The van der Waals surface area contributed by atoms with Crippen LogP contribution in [0.5, 0.6) is 11.5 Å². The lowest BCUT2D eigenvalue weighted by atomic mass is 9.94. The maximum Gasteiger partial charge on any atom is 0.414 e. The highest BCUT2D eigenvalue weighted by Crippen LogP contribution is 2.28. The number of aliphatic carboxylic acids is 2. The zero-order valence-electron chi connectivity index (χ0n) is 17.3. The van der Waals surface area contributed by atoms with Crippen LogP contribution < -0.4 is 9.47 Å². The number of nitrogens with zero attached hydrogens (tertiary/aromatic N) is 2. The number of ether oxygens (including phenoxy) is 2. The monoisotopic (exact) mass is 408 g/mol. The number of hydrogen-bond acceptors (Lipinski definition) is 6. The van der Waals surface area contributed by atoms with Gasteiger partial charge in [0.2, 0.25) is 0 Å². The summed E-state index contributed by atoms with van der Waals surface area (Å²) >= 11 is 0. The Bertz CT molecular complexity index is 655. The van der Waals surface area contributed by atoms with E-state index in [0.717, 1.165) is 24.1 Å². The normalized spacial score (nSPS) is 18.4. The lowest BCUT2D eigenvalue weighted by molar-refractivity contribution is -0.159. The fourth-order valence-electron chi connectivity index (χ4n) is 3.97. The molecular formula is C21H32N2O6. The van der Waals surface area contributed by atoms with Crippen molar-refractivity contribution in [3.8, 4) is 11.5 Å². The molecule has 0 atom stereocenters. The Kier molecular flexibility index (Phi) is 9.21. The van der Waals surface area contributed by atoms with Crippen LogP contribution in [0.4, 0.5) is 0 Å². The second-order valence-corrected chi connectivity index (χ2v) is 7.40. The van der Waals surface area contributed by atoms with Gasteiger partial charge < -0.3 is 19.7 Å². The van der Waals surface area contributed by atoms with E-state index >= 15 is 0 Å². The number of rotatable bonds is 5. The Hall–Kier alpha value is -2.32. The predicted molar refractivity (Wildman–Crippen MR) is 109 cm³/mol. The highest BCUT2D eigenvalue weighted by Gasteiger charge is 2.25. The number of carbonyl (C=O) groups is 2. The van der Waals surface area contributed by atoms with Crippen molar-refractivity contribution < 1.29 is 29.3 Å². The Balaban J connectivity index is 0.000000438. The van der Waals surface area contributed by atoms with Gasteiger partial charge in [-0.25, -0.2) is 9.59 Å². The molecule has 0 radical (unpaired) electrons. The molecule has 0 amide bonds. The molecule has 1 aliphatic carbocycles.